The van der Waals surface area contributed by atoms with E-state index in [1.807, 2.05) is 0 Å². The van der Waals surface area contributed by atoms with Gasteiger partial charge in [-0.05, 0) is 142 Å². The molecule has 1 aromatic carbocycles. The predicted molar refractivity (Wildman–Crippen MR) is 210 cm³/mol. The molecule has 9 heteroatoms. The van der Waals surface area contributed by atoms with Crippen LogP contribution >= 0.6 is 0 Å². The Labute approximate surface area is 323 Å². The molecule has 54 heavy (non-hydrogen) atoms. The number of benzene rings is 1. The number of hydrogen-bond acceptors (Lipinski definition) is 7. The molecular weight excluding hydrogens is 681 g/mol. The largest absolute Gasteiger partial charge is 0.504 e. The van der Waals surface area contributed by atoms with Crippen LogP contribution in [0, 0.1) is 56.7 Å². The number of unbranched alkanes of at least 4 members (excludes halogenated alkanes) is 3. The normalized spacial score (nSPS) is 37.8. The van der Waals surface area contributed by atoms with Crippen molar-refractivity contribution in [3.05, 3.63) is 29.8 Å². The second kappa shape index (κ2) is 14.7. The predicted octanol–water partition coefficient (Wildman–Crippen LogP) is 8.80. The van der Waals surface area contributed by atoms with Crippen molar-refractivity contribution in [1.82, 2.24) is 10.6 Å². The Morgan fingerprint density at radius 3 is 2.04 bits per heavy atom. The lowest BCUT2D eigenvalue weighted by Crippen LogP contribution is -2.67. The Balaban J connectivity index is 1.08. The van der Waals surface area contributed by atoms with Crippen molar-refractivity contribution in [2.75, 3.05) is 13.1 Å². The van der Waals surface area contributed by atoms with Gasteiger partial charge in [0, 0.05) is 31.0 Å². The molecule has 4 unspecified atom stereocenters. The van der Waals surface area contributed by atoms with E-state index in [9.17, 15) is 29.7 Å². The topological polar surface area (TPSA) is 145 Å². The highest BCUT2D eigenvalue weighted by molar-refractivity contribution is 5.95. The van der Waals surface area contributed by atoms with Crippen LogP contribution in [0.2, 0.25) is 0 Å². The van der Waals surface area contributed by atoms with Gasteiger partial charge < -0.3 is 30.7 Å². The molecule has 300 valence electrons. The summed E-state index contributed by atoms with van der Waals surface area (Å²) in [6.07, 6.45) is 14.2. The van der Waals surface area contributed by atoms with Gasteiger partial charge >= 0.3 is 5.97 Å². The molecule has 0 heterocycles. The number of allylic oxidation sites excluding steroid dienone is 1. The monoisotopic (exact) mass is 749 g/mol. The maximum absolute atomic E-state index is 14.5. The van der Waals surface area contributed by atoms with Gasteiger partial charge in [0.05, 0.1) is 5.41 Å². The molecule has 0 bridgehead atoms. The van der Waals surface area contributed by atoms with Crippen molar-refractivity contribution in [3.8, 4) is 17.2 Å². The van der Waals surface area contributed by atoms with Crippen molar-refractivity contribution in [2.24, 2.45) is 56.7 Å². The van der Waals surface area contributed by atoms with Gasteiger partial charge in [-0.15, -0.1) is 0 Å². The lowest BCUT2D eigenvalue weighted by molar-refractivity contribution is -0.248. The number of carbonyl (C=O) groups excluding carboxylic acids is 3. The number of rotatable bonds is 11. The molecule has 6 rings (SSSR count). The highest BCUT2D eigenvalue weighted by Crippen LogP contribution is 2.77. The molecule has 0 aliphatic heterocycles. The smallest absolute Gasteiger partial charge is 0.302 e. The second-order valence-electron chi connectivity index (χ2n) is 19.6. The fraction of sp³-hybridized carbons (Fsp3) is 0.756. The highest BCUT2D eigenvalue weighted by Gasteiger charge is 2.72. The summed E-state index contributed by atoms with van der Waals surface area (Å²) < 4.78 is 5.95. The van der Waals surface area contributed by atoms with Gasteiger partial charge in [-0.25, -0.2) is 0 Å². The first-order valence-electron chi connectivity index (χ1n) is 21.0. The third-order valence-corrected chi connectivity index (χ3v) is 16.8. The summed E-state index contributed by atoms with van der Waals surface area (Å²) in [7, 11) is 0. The first kappa shape index (κ1) is 40.4. The molecule has 9 nitrogen and oxygen atoms in total. The van der Waals surface area contributed by atoms with Gasteiger partial charge in [0.2, 0.25) is 5.91 Å². The van der Waals surface area contributed by atoms with Gasteiger partial charge in [0.1, 0.15) is 6.10 Å². The molecule has 5 N–H and O–H groups in total. The van der Waals surface area contributed by atoms with E-state index in [4.69, 9.17) is 4.74 Å². The molecule has 0 spiro atoms. The molecule has 5 saturated carbocycles. The molecule has 0 aromatic heterocycles. The number of nitrogens with one attached hydrogen (secondary N) is 2. The molecule has 5 aliphatic carbocycles. The van der Waals surface area contributed by atoms with Crippen LogP contribution in [0.15, 0.2) is 24.3 Å². The van der Waals surface area contributed by atoms with E-state index in [0.717, 1.165) is 82.8 Å². The summed E-state index contributed by atoms with van der Waals surface area (Å²) in [6.45, 7) is 21.9. The molecule has 0 saturated heterocycles. The van der Waals surface area contributed by atoms with Crippen LogP contribution in [0.4, 0.5) is 0 Å². The van der Waals surface area contributed by atoms with Crippen molar-refractivity contribution in [3.63, 3.8) is 0 Å². The Morgan fingerprint density at radius 2 is 1.41 bits per heavy atom. The van der Waals surface area contributed by atoms with Crippen LogP contribution in [0.25, 0.3) is 0 Å². The number of ether oxygens (including phenoxy) is 1. The summed E-state index contributed by atoms with van der Waals surface area (Å²) in [5.74, 6) is 0.228. The van der Waals surface area contributed by atoms with Crippen LogP contribution in [0.3, 0.4) is 0 Å². The average Bonchev–Trinajstić information content (AvgIpc) is 3.51. The first-order chi connectivity index (χ1) is 25.3. The number of phenols is 3. The quantitative estimate of drug-likeness (QED) is 0.0658. The number of phenolic OH excluding ortho intramolecular Hbond substituents is 3. The van der Waals surface area contributed by atoms with Crippen molar-refractivity contribution >= 4 is 17.8 Å². The zero-order chi connectivity index (χ0) is 39.4. The lowest BCUT2D eigenvalue weighted by Gasteiger charge is -2.72. The molecule has 2 amide bonds. The Bertz CT molecular complexity index is 1620. The minimum Gasteiger partial charge on any atom is -0.504 e. The van der Waals surface area contributed by atoms with Gasteiger partial charge in [0.25, 0.3) is 5.91 Å². The summed E-state index contributed by atoms with van der Waals surface area (Å²) in [5.41, 5.74) is 1.44. The number of aromatic hydroxyl groups is 3. The minimum absolute atomic E-state index is 0.0213. The molecule has 0 radical (unpaired) electrons. The SMILES string of the molecule is C=C(C)[C@@H]1CC[C@]2(C(=O)NCCCCCCNC(=O)c3cc(O)c(O)c(O)c3)CC[C@]3(C)C(CCC4[C@@]5(C)CC[C@H](OC(C)=O)C(C)(C)C5CC[C@]43C)C12. The highest BCUT2D eigenvalue weighted by atomic mass is 16.5. The summed E-state index contributed by atoms with van der Waals surface area (Å²) in [5, 5.41) is 35.1. The second-order valence-corrected chi connectivity index (χ2v) is 19.6. The molecule has 5 fully saturated rings. The van der Waals surface area contributed by atoms with Gasteiger partial charge in [-0.1, -0.05) is 59.6 Å². The maximum Gasteiger partial charge on any atom is 0.302 e. The number of carbonyl (C=O) groups is 3. The van der Waals surface area contributed by atoms with Crippen molar-refractivity contribution in [1.29, 1.82) is 0 Å². The maximum atomic E-state index is 14.5. The van der Waals surface area contributed by atoms with E-state index in [0.29, 0.717) is 42.7 Å². The Kier molecular flexibility index (Phi) is 11.0. The fourth-order valence-corrected chi connectivity index (χ4v) is 13.9. The average molecular weight is 749 g/mol. The van der Waals surface area contributed by atoms with Crippen LogP contribution in [-0.4, -0.2) is 52.3 Å². The molecule has 5 aliphatic rings. The van der Waals surface area contributed by atoms with E-state index in [-0.39, 0.29) is 50.6 Å². The van der Waals surface area contributed by atoms with Crippen LogP contribution in [-0.2, 0) is 14.3 Å². The standard InChI is InChI=1S/C45H68N2O7/c1-27(2)30-15-20-45(40(53)47-24-12-10-9-11-23-46-39(52)29-25-32(49)38(51)33(50)26-29)22-21-43(7)31(37(30)45)13-14-35-42(6)18-17-36(54-28(3)48)41(4,5)34(42)16-19-44(35,43)8/h25-26,30-31,34-37,49-51H,1,9-24H2,2-8H3,(H,46,52)(H,47,53)/t30-,31?,34?,35?,36-,37?,42-,43+,44+,45-/m0/s1. The van der Waals surface area contributed by atoms with E-state index in [1.165, 1.54) is 24.8 Å². The van der Waals surface area contributed by atoms with Gasteiger partial charge in [-0.3, -0.25) is 14.4 Å². The molecular formula is C45H68N2O7. The lowest BCUT2D eigenvalue weighted by atomic mass is 9.32. The van der Waals surface area contributed by atoms with E-state index in [1.54, 1.807) is 6.92 Å². The van der Waals surface area contributed by atoms with Crippen molar-refractivity contribution < 1.29 is 34.4 Å². The minimum atomic E-state index is -0.644. The molecule has 10 atom stereocenters. The number of esters is 1. The zero-order valence-corrected chi connectivity index (χ0v) is 34.1. The summed E-state index contributed by atoms with van der Waals surface area (Å²) >= 11 is 0. The van der Waals surface area contributed by atoms with E-state index in [2.05, 4.69) is 58.8 Å². The summed E-state index contributed by atoms with van der Waals surface area (Å²) in [4.78, 5) is 39.0. The van der Waals surface area contributed by atoms with E-state index >= 15 is 0 Å². The number of fused-ring (bicyclic) bond motifs is 7. The van der Waals surface area contributed by atoms with Crippen LogP contribution in [0.1, 0.15) is 149 Å². The fourth-order valence-electron chi connectivity index (χ4n) is 13.9. The Hall–Kier alpha value is -3.23. The van der Waals surface area contributed by atoms with Crippen molar-refractivity contribution in [2.45, 2.75) is 144 Å². The number of amides is 2. The zero-order valence-electron chi connectivity index (χ0n) is 34.1. The third kappa shape index (κ3) is 6.51. The van der Waals surface area contributed by atoms with Crippen LogP contribution < -0.4 is 10.6 Å². The first-order valence-corrected chi connectivity index (χ1v) is 21.0. The molecule has 1 aromatic rings. The van der Waals surface area contributed by atoms with Crippen LogP contribution in [0.5, 0.6) is 17.2 Å². The Morgan fingerprint density at radius 1 is 0.759 bits per heavy atom. The van der Waals surface area contributed by atoms with E-state index < -0.39 is 23.2 Å². The van der Waals surface area contributed by atoms with Gasteiger partial charge in [-0.2, -0.15) is 0 Å². The third-order valence-electron chi connectivity index (χ3n) is 16.8. The van der Waals surface area contributed by atoms with Gasteiger partial charge in [0.15, 0.2) is 17.2 Å². The summed E-state index contributed by atoms with van der Waals surface area (Å²) in [6, 6.07) is 2.26. The number of hydrogen-bond donors (Lipinski definition) is 5.